The molecular weight excluding hydrogens is 305 g/mol. The molecule has 3 nitrogen and oxygen atoms in total. The van der Waals surface area contributed by atoms with Gasteiger partial charge in [0.25, 0.3) is 0 Å². The topological polar surface area (TPSA) is 52.5 Å². The molecule has 2 unspecified atom stereocenters. The van der Waals surface area contributed by atoms with Crippen molar-refractivity contribution in [2.24, 2.45) is 5.92 Å². The number of fused-ring (bicyclic) bond motifs is 1. The third kappa shape index (κ3) is 3.39. The first-order valence-electron chi connectivity index (χ1n) is 8.53. The molecule has 0 bridgehead atoms. The van der Waals surface area contributed by atoms with Gasteiger partial charge in [-0.25, -0.2) is 4.39 Å². The van der Waals surface area contributed by atoms with E-state index in [0.29, 0.717) is 5.92 Å². The number of nitrogens with one attached hydrogen (secondary N) is 1. The van der Waals surface area contributed by atoms with E-state index in [1.807, 2.05) is 19.2 Å². The zero-order valence-electron chi connectivity index (χ0n) is 13.9. The first-order chi connectivity index (χ1) is 11.6. The summed E-state index contributed by atoms with van der Waals surface area (Å²) in [7, 11) is 1.93. The van der Waals surface area contributed by atoms with Crippen molar-refractivity contribution in [1.82, 2.24) is 5.32 Å². The molecule has 1 aliphatic carbocycles. The van der Waals surface area contributed by atoms with Gasteiger partial charge in [0, 0.05) is 5.56 Å². The molecule has 0 radical (unpaired) electrons. The smallest absolute Gasteiger partial charge is 0.160 e. The molecule has 2 atom stereocenters. The second-order valence-corrected chi connectivity index (χ2v) is 6.65. The summed E-state index contributed by atoms with van der Waals surface area (Å²) in [6, 6.07) is 10.3. The molecule has 4 heteroatoms. The van der Waals surface area contributed by atoms with Crippen LogP contribution in [-0.4, -0.2) is 23.8 Å². The van der Waals surface area contributed by atoms with Gasteiger partial charge >= 0.3 is 0 Å². The zero-order valence-corrected chi connectivity index (χ0v) is 13.9. The second-order valence-electron chi connectivity index (χ2n) is 6.65. The average Bonchev–Trinajstić information content (AvgIpc) is 2.57. The maximum absolute atomic E-state index is 13.5. The summed E-state index contributed by atoms with van der Waals surface area (Å²) in [5.74, 6) is 0.355. The van der Waals surface area contributed by atoms with Gasteiger partial charge in [0.05, 0.1) is 0 Å². The van der Waals surface area contributed by atoms with E-state index >= 15 is 0 Å². The summed E-state index contributed by atoms with van der Waals surface area (Å²) in [6.07, 6.45) is 3.60. The van der Waals surface area contributed by atoms with Crippen LogP contribution in [0.4, 0.5) is 4.39 Å². The largest absolute Gasteiger partial charge is 0.504 e. The van der Waals surface area contributed by atoms with Crippen LogP contribution < -0.4 is 5.32 Å². The van der Waals surface area contributed by atoms with Crippen molar-refractivity contribution in [1.29, 1.82) is 0 Å². The Hall–Kier alpha value is -2.07. The monoisotopic (exact) mass is 329 g/mol. The molecule has 128 valence electrons. The van der Waals surface area contributed by atoms with E-state index in [1.165, 1.54) is 6.07 Å². The number of aromatic hydroxyl groups is 2. The molecule has 0 saturated heterocycles. The minimum atomic E-state index is -0.206. The Morgan fingerprint density at radius 1 is 1.25 bits per heavy atom. The minimum Gasteiger partial charge on any atom is -0.504 e. The number of phenolic OH excluding ortho intramolecular Hbond substituents is 2. The van der Waals surface area contributed by atoms with Crippen LogP contribution in [0, 0.1) is 11.7 Å². The second kappa shape index (κ2) is 7.22. The van der Waals surface area contributed by atoms with Crippen molar-refractivity contribution in [3.05, 3.63) is 58.9 Å². The number of halogens is 1. The highest BCUT2D eigenvalue weighted by molar-refractivity contribution is 5.51. The van der Waals surface area contributed by atoms with Crippen molar-refractivity contribution >= 4 is 0 Å². The van der Waals surface area contributed by atoms with E-state index in [0.717, 1.165) is 48.9 Å². The molecule has 1 aliphatic rings. The Labute approximate surface area is 142 Å². The van der Waals surface area contributed by atoms with Crippen molar-refractivity contribution in [3.63, 3.8) is 0 Å². The highest BCUT2D eigenvalue weighted by Crippen LogP contribution is 2.44. The van der Waals surface area contributed by atoms with E-state index < -0.39 is 0 Å². The lowest BCUT2D eigenvalue weighted by atomic mass is 9.73. The third-order valence-electron chi connectivity index (χ3n) is 5.06. The number of rotatable bonds is 5. The molecule has 0 spiro atoms. The Bertz CT molecular complexity index is 717. The Balaban J connectivity index is 1.91. The zero-order chi connectivity index (χ0) is 17.1. The minimum absolute atomic E-state index is 0.0196. The molecule has 0 saturated carbocycles. The Morgan fingerprint density at radius 2 is 2.08 bits per heavy atom. The predicted octanol–water partition coefficient (Wildman–Crippen LogP) is 3.74. The highest BCUT2D eigenvalue weighted by Gasteiger charge is 2.30. The van der Waals surface area contributed by atoms with Crippen LogP contribution in [0.25, 0.3) is 0 Å². The fourth-order valence-electron chi connectivity index (χ4n) is 3.98. The Kier molecular flexibility index (Phi) is 5.05. The number of hydrogen-bond acceptors (Lipinski definition) is 3. The number of phenols is 2. The van der Waals surface area contributed by atoms with E-state index in [4.69, 9.17) is 0 Å². The summed E-state index contributed by atoms with van der Waals surface area (Å²) in [6.45, 7) is 0.822. The summed E-state index contributed by atoms with van der Waals surface area (Å²) in [5.41, 5.74) is 2.98. The van der Waals surface area contributed by atoms with Crippen LogP contribution in [0.3, 0.4) is 0 Å². The van der Waals surface area contributed by atoms with E-state index in [2.05, 4.69) is 5.32 Å². The van der Waals surface area contributed by atoms with Gasteiger partial charge in [-0.15, -0.1) is 0 Å². The summed E-state index contributed by atoms with van der Waals surface area (Å²) >= 11 is 0. The Morgan fingerprint density at radius 3 is 2.83 bits per heavy atom. The van der Waals surface area contributed by atoms with Crippen LogP contribution in [0.2, 0.25) is 0 Å². The molecule has 3 N–H and O–H groups in total. The number of hydrogen-bond donors (Lipinski definition) is 3. The maximum atomic E-state index is 13.5. The third-order valence-corrected chi connectivity index (χ3v) is 5.06. The lowest BCUT2D eigenvalue weighted by Gasteiger charge is -2.33. The fraction of sp³-hybridized carbons (Fsp3) is 0.400. The van der Waals surface area contributed by atoms with Crippen molar-refractivity contribution < 1.29 is 14.6 Å². The lowest BCUT2D eigenvalue weighted by molar-refractivity contribution is 0.353. The van der Waals surface area contributed by atoms with Gasteiger partial charge in [0.1, 0.15) is 5.82 Å². The molecule has 0 amide bonds. The van der Waals surface area contributed by atoms with Crippen molar-refractivity contribution in [2.45, 2.75) is 31.6 Å². The van der Waals surface area contributed by atoms with Gasteiger partial charge in [0.15, 0.2) is 11.5 Å². The standard InChI is InChI=1S/C20H24FNO2/c1-22-12-14(10-13-4-2-5-15(21)11-13)16-6-3-7-18-17(16)8-9-19(23)20(18)24/h2,4-5,8-9,11,14,16,22-24H,3,6-7,10,12H2,1H3. The van der Waals surface area contributed by atoms with Gasteiger partial charge < -0.3 is 15.5 Å². The molecule has 2 aromatic rings. The number of benzene rings is 2. The van der Waals surface area contributed by atoms with E-state index in [9.17, 15) is 14.6 Å². The van der Waals surface area contributed by atoms with Crippen molar-refractivity contribution in [3.8, 4) is 11.5 Å². The molecular formula is C20H24FNO2. The molecule has 2 aromatic carbocycles. The molecule has 24 heavy (non-hydrogen) atoms. The lowest BCUT2D eigenvalue weighted by Crippen LogP contribution is -2.29. The van der Waals surface area contributed by atoms with Gasteiger partial charge in [0.2, 0.25) is 0 Å². The van der Waals surface area contributed by atoms with E-state index in [-0.39, 0.29) is 23.2 Å². The maximum Gasteiger partial charge on any atom is 0.160 e. The normalized spacial score (nSPS) is 18.2. The molecule has 0 aromatic heterocycles. The van der Waals surface area contributed by atoms with Crippen LogP contribution in [0.15, 0.2) is 36.4 Å². The van der Waals surface area contributed by atoms with Crippen LogP contribution in [-0.2, 0) is 12.8 Å². The quantitative estimate of drug-likeness (QED) is 0.733. The molecule has 0 fully saturated rings. The molecule has 0 aliphatic heterocycles. The van der Waals surface area contributed by atoms with Crippen molar-refractivity contribution in [2.75, 3.05) is 13.6 Å². The fourth-order valence-corrected chi connectivity index (χ4v) is 3.98. The van der Waals surface area contributed by atoms with Gasteiger partial charge in [-0.3, -0.25) is 0 Å². The highest BCUT2D eigenvalue weighted by atomic mass is 19.1. The van der Waals surface area contributed by atoms with Gasteiger partial charge in [-0.05, 0) is 80.4 Å². The molecule has 3 rings (SSSR count). The van der Waals surface area contributed by atoms with Gasteiger partial charge in [-0.2, -0.15) is 0 Å². The molecule has 0 heterocycles. The first-order valence-corrected chi connectivity index (χ1v) is 8.53. The summed E-state index contributed by atoms with van der Waals surface area (Å²) < 4.78 is 13.5. The van der Waals surface area contributed by atoms with Gasteiger partial charge in [-0.1, -0.05) is 18.2 Å². The average molecular weight is 329 g/mol. The first kappa shape index (κ1) is 16.8. The summed E-state index contributed by atoms with van der Waals surface area (Å²) in [5, 5.41) is 23.2. The van der Waals surface area contributed by atoms with Crippen LogP contribution in [0.1, 0.15) is 35.4 Å². The van der Waals surface area contributed by atoms with Crippen LogP contribution in [0.5, 0.6) is 11.5 Å². The summed E-state index contributed by atoms with van der Waals surface area (Å²) in [4.78, 5) is 0. The van der Waals surface area contributed by atoms with Crippen LogP contribution >= 0.6 is 0 Å². The SMILES string of the molecule is CNCC(Cc1cccc(F)c1)C1CCCc2c1ccc(O)c2O. The van der Waals surface area contributed by atoms with E-state index in [1.54, 1.807) is 18.2 Å². The predicted molar refractivity (Wildman–Crippen MR) is 93.0 cm³/mol.